The van der Waals surface area contributed by atoms with Crippen molar-refractivity contribution in [3.63, 3.8) is 0 Å². The molecule has 0 spiro atoms. The maximum atomic E-state index is 5.96. The number of ether oxygens (including phenoxy) is 1. The highest BCUT2D eigenvalue weighted by atomic mass is 35.5. The lowest BCUT2D eigenvalue weighted by molar-refractivity contribution is 0.333. The number of hydrogen-bond acceptors (Lipinski definition) is 3. The number of halogens is 1. The number of nitrogens with one attached hydrogen (secondary N) is 1. The van der Waals surface area contributed by atoms with Crippen LogP contribution in [0.25, 0.3) is 0 Å². The fourth-order valence-corrected chi connectivity index (χ4v) is 1.56. The molecule has 0 bridgehead atoms. The van der Waals surface area contributed by atoms with Gasteiger partial charge in [0.15, 0.2) is 0 Å². The van der Waals surface area contributed by atoms with Crippen LogP contribution in [-0.2, 0) is 0 Å². The van der Waals surface area contributed by atoms with E-state index in [-0.39, 0.29) is 0 Å². The van der Waals surface area contributed by atoms with Crippen LogP contribution in [0.4, 0.5) is 5.82 Å². The average molecular weight is 249 g/mol. The molecule has 4 heteroatoms. The van der Waals surface area contributed by atoms with Gasteiger partial charge in [0.05, 0.1) is 11.6 Å². The van der Waals surface area contributed by atoms with E-state index in [1.807, 2.05) is 42.5 Å². The standard InChI is InChI=1S/C13H13ClN2O/c14-11-5-1-2-6-12(11)17-10-9-16-13-7-3-4-8-15-13/h1-8H,9-10H2,(H,15,16). The molecule has 0 aliphatic heterocycles. The summed E-state index contributed by atoms with van der Waals surface area (Å²) in [4.78, 5) is 4.15. The molecular formula is C13H13ClN2O. The minimum Gasteiger partial charge on any atom is -0.490 e. The van der Waals surface area contributed by atoms with Crippen LogP contribution >= 0.6 is 11.6 Å². The first kappa shape index (κ1) is 11.7. The van der Waals surface area contributed by atoms with E-state index in [0.717, 1.165) is 5.82 Å². The van der Waals surface area contributed by atoms with Gasteiger partial charge in [-0.25, -0.2) is 4.98 Å². The number of aromatic nitrogens is 1. The maximum absolute atomic E-state index is 5.96. The fourth-order valence-electron chi connectivity index (χ4n) is 1.37. The molecule has 0 atom stereocenters. The van der Waals surface area contributed by atoms with Gasteiger partial charge in [-0.05, 0) is 24.3 Å². The summed E-state index contributed by atoms with van der Waals surface area (Å²) in [7, 11) is 0. The van der Waals surface area contributed by atoms with Crippen molar-refractivity contribution in [2.45, 2.75) is 0 Å². The minimum atomic E-state index is 0.542. The second-order valence-electron chi connectivity index (χ2n) is 3.42. The van der Waals surface area contributed by atoms with Crippen LogP contribution < -0.4 is 10.1 Å². The van der Waals surface area contributed by atoms with E-state index in [9.17, 15) is 0 Å². The quantitative estimate of drug-likeness (QED) is 0.825. The molecule has 2 aromatic rings. The summed E-state index contributed by atoms with van der Waals surface area (Å²) in [6, 6.07) is 13.2. The van der Waals surface area contributed by atoms with Gasteiger partial charge < -0.3 is 10.1 Å². The van der Waals surface area contributed by atoms with Crippen molar-refractivity contribution in [2.75, 3.05) is 18.5 Å². The highest BCUT2D eigenvalue weighted by molar-refractivity contribution is 6.32. The fraction of sp³-hybridized carbons (Fsp3) is 0.154. The van der Waals surface area contributed by atoms with Gasteiger partial charge in [-0.2, -0.15) is 0 Å². The summed E-state index contributed by atoms with van der Waals surface area (Å²) in [5, 5.41) is 3.79. The molecule has 2 rings (SSSR count). The van der Waals surface area contributed by atoms with Crippen LogP contribution in [0.2, 0.25) is 5.02 Å². The van der Waals surface area contributed by atoms with Crippen LogP contribution in [0.5, 0.6) is 5.75 Å². The third kappa shape index (κ3) is 3.64. The Morgan fingerprint density at radius 1 is 1.12 bits per heavy atom. The van der Waals surface area contributed by atoms with Crippen LogP contribution in [-0.4, -0.2) is 18.1 Å². The highest BCUT2D eigenvalue weighted by Gasteiger charge is 1.98. The first-order valence-electron chi connectivity index (χ1n) is 5.38. The van der Waals surface area contributed by atoms with Crippen molar-refractivity contribution in [1.82, 2.24) is 4.98 Å². The van der Waals surface area contributed by atoms with Crippen LogP contribution in [0.3, 0.4) is 0 Å². The second kappa shape index (κ2) is 6.11. The first-order chi connectivity index (χ1) is 8.36. The Labute approximate surface area is 105 Å². The number of rotatable bonds is 5. The number of pyridine rings is 1. The highest BCUT2D eigenvalue weighted by Crippen LogP contribution is 2.22. The van der Waals surface area contributed by atoms with Gasteiger partial charge in [0, 0.05) is 6.20 Å². The van der Waals surface area contributed by atoms with Gasteiger partial charge >= 0.3 is 0 Å². The number of para-hydroxylation sites is 1. The Hall–Kier alpha value is -1.74. The van der Waals surface area contributed by atoms with Crippen LogP contribution in [0, 0.1) is 0 Å². The molecule has 1 aromatic heterocycles. The van der Waals surface area contributed by atoms with Crippen molar-refractivity contribution < 1.29 is 4.74 Å². The van der Waals surface area contributed by atoms with Gasteiger partial charge in [-0.1, -0.05) is 29.8 Å². The molecule has 17 heavy (non-hydrogen) atoms. The van der Waals surface area contributed by atoms with Gasteiger partial charge in [-0.15, -0.1) is 0 Å². The zero-order valence-electron chi connectivity index (χ0n) is 9.27. The number of hydrogen-bond donors (Lipinski definition) is 1. The number of nitrogens with zero attached hydrogens (tertiary/aromatic N) is 1. The summed E-state index contributed by atoms with van der Waals surface area (Å²) in [6.45, 7) is 1.22. The molecule has 0 aliphatic carbocycles. The van der Waals surface area contributed by atoms with E-state index in [0.29, 0.717) is 23.9 Å². The molecule has 1 N–H and O–H groups in total. The molecular weight excluding hydrogens is 236 g/mol. The van der Waals surface area contributed by atoms with E-state index in [2.05, 4.69) is 10.3 Å². The summed E-state index contributed by atoms with van der Waals surface area (Å²) < 4.78 is 5.54. The smallest absolute Gasteiger partial charge is 0.137 e. The third-order valence-corrected chi connectivity index (χ3v) is 2.48. The van der Waals surface area contributed by atoms with E-state index >= 15 is 0 Å². The third-order valence-electron chi connectivity index (χ3n) is 2.17. The molecule has 0 amide bonds. The summed E-state index contributed by atoms with van der Waals surface area (Å²) in [5.41, 5.74) is 0. The Bertz CT molecular complexity index is 462. The first-order valence-corrected chi connectivity index (χ1v) is 5.76. The monoisotopic (exact) mass is 248 g/mol. The van der Waals surface area contributed by atoms with Gasteiger partial charge in [0.1, 0.15) is 18.2 Å². The van der Waals surface area contributed by atoms with E-state index < -0.39 is 0 Å². The topological polar surface area (TPSA) is 34.1 Å². The van der Waals surface area contributed by atoms with Gasteiger partial charge in [0.25, 0.3) is 0 Å². The van der Waals surface area contributed by atoms with Crippen molar-refractivity contribution >= 4 is 17.4 Å². The average Bonchev–Trinajstić information content (AvgIpc) is 2.38. The molecule has 0 aliphatic rings. The lowest BCUT2D eigenvalue weighted by Gasteiger charge is -2.08. The van der Waals surface area contributed by atoms with Crippen LogP contribution in [0.1, 0.15) is 0 Å². The SMILES string of the molecule is Clc1ccccc1OCCNc1ccccn1. The predicted octanol–water partition coefficient (Wildman–Crippen LogP) is 3.23. The molecule has 88 valence electrons. The Morgan fingerprint density at radius 2 is 1.94 bits per heavy atom. The molecule has 1 aromatic carbocycles. The molecule has 0 radical (unpaired) electrons. The Morgan fingerprint density at radius 3 is 2.71 bits per heavy atom. The number of anilines is 1. The summed E-state index contributed by atoms with van der Waals surface area (Å²) in [5.74, 6) is 1.55. The largest absolute Gasteiger partial charge is 0.490 e. The van der Waals surface area contributed by atoms with Crippen molar-refractivity contribution in [3.8, 4) is 5.75 Å². The van der Waals surface area contributed by atoms with Gasteiger partial charge in [0.2, 0.25) is 0 Å². The van der Waals surface area contributed by atoms with E-state index in [1.54, 1.807) is 6.20 Å². The lowest BCUT2D eigenvalue weighted by atomic mass is 10.3. The Kier molecular flexibility index (Phi) is 4.22. The zero-order valence-corrected chi connectivity index (χ0v) is 10.0. The molecule has 0 saturated carbocycles. The number of benzene rings is 1. The minimum absolute atomic E-state index is 0.542. The molecule has 0 saturated heterocycles. The lowest BCUT2D eigenvalue weighted by Crippen LogP contribution is -2.12. The second-order valence-corrected chi connectivity index (χ2v) is 3.83. The molecule has 3 nitrogen and oxygen atoms in total. The van der Waals surface area contributed by atoms with Crippen molar-refractivity contribution in [2.24, 2.45) is 0 Å². The zero-order chi connectivity index (χ0) is 11.9. The van der Waals surface area contributed by atoms with Crippen molar-refractivity contribution in [3.05, 3.63) is 53.7 Å². The summed E-state index contributed by atoms with van der Waals surface area (Å²) in [6.07, 6.45) is 1.75. The summed E-state index contributed by atoms with van der Waals surface area (Å²) >= 11 is 5.96. The van der Waals surface area contributed by atoms with Crippen LogP contribution in [0.15, 0.2) is 48.7 Å². The molecule has 0 unspecified atom stereocenters. The predicted molar refractivity (Wildman–Crippen MR) is 69.7 cm³/mol. The molecule has 0 fully saturated rings. The normalized spacial score (nSPS) is 9.94. The molecule has 1 heterocycles. The van der Waals surface area contributed by atoms with E-state index in [4.69, 9.17) is 16.3 Å². The maximum Gasteiger partial charge on any atom is 0.137 e. The van der Waals surface area contributed by atoms with Gasteiger partial charge in [-0.3, -0.25) is 0 Å². The Balaban J connectivity index is 1.76. The van der Waals surface area contributed by atoms with Crippen molar-refractivity contribution in [1.29, 1.82) is 0 Å². The van der Waals surface area contributed by atoms with E-state index in [1.165, 1.54) is 0 Å².